The van der Waals surface area contributed by atoms with Crippen molar-refractivity contribution < 1.29 is 4.79 Å². The molecule has 0 bridgehead atoms. The summed E-state index contributed by atoms with van der Waals surface area (Å²) in [5, 5.41) is 2.85. The van der Waals surface area contributed by atoms with Gasteiger partial charge in [0, 0.05) is 18.8 Å². The van der Waals surface area contributed by atoms with Crippen LogP contribution in [0.4, 0.5) is 11.8 Å². The number of hydrogen-bond acceptors (Lipinski definition) is 6. The Morgan fingerprint density at radius 1 is 1.58 bits per heavy atom. The van der Waals surface area contributed by atoms with Gasteiger partial charge in [0.1, 0.15) is 5.82 Å². The third-order valence-electron chi connectivity index (χ3n) is 2.32. The summed E-state index contributed by atoms with van der Waals surface area (Å²) in [5.41, 5.74) is 2.39. The highest BCUT2D eigenvalue weighted by atomic mass is 79.9. The lowest BCUT2D eigenvalue weighted by Crippen LogP contribution is -2.40. The molecule has 0 spiro atoms. The Morgan fingerprint density at radius 2 is 2.26 bits per heavy atom. The fourth-order valence-corrected chi connectivity index (χ4v) is 1.97. The molecule has 0 aliphatic heterocycles. The van der Waals surface area contributed by atoms with E-state index in [2.05, 4.69) is 36.6 Å². The van der Waals surface area contributed by atoms with Gasteiger partial charge in [-0.25, -0.2) is 10.8 Å². The average Bonchev–Trinajstić information content (AvgIpc) is 2.36. The average molecular weight is 331 g/mol. The summed E-state index contributed by atoms with van der Waals surface area (Å²) in [4.78, 5) is 21.9. The first-order chi connectivity index (χ1) is 8.97. The van der Waals surface area contributed by atoms with Crippen molar-refractivity contribution in [3.8, 4) is 0 Å². The molecule has 1 amide bonds. The third kappa shape index (κ3) is 4.64. The summed E-state index contributed by atoms with van der Waals surface area (Å²) < 4.78 is 0.714. The molecule has 1 aromatic heterocycles. The van der Waals surface area contributed by atoms with E-state index in [-0.39, 0.29) is 18.5 Å². The van der Waals surface area contributed by atoms with Crippen LogP contribution in [0.25, 0.3) is 0 Å². The highest BCUT2D eigenvalue weighted by Gasteiger charge is 2.15. The maximum absolute atomic E-state index is 11.8. The fraction of sp³-hybridized carbons (Fsp3) is 0.545. The number of likely N-dealkylation sites (N-methyl/N-ethyl adjacent to an activating group) is 1. The van der Waals surface area contributed by atoms with Gasteiger partial charge in [0.2, 0.25) is 11.9 Å². The standard InChI is InChI=1S/C11H19BrN6O/c1-4-18(6-9(19)15-7(2)3)10-8(12)5-14-11(16-10)17-13/h5,7H,4,6,13H2,1-3H3,(H,15,19)(H,14,16,17). The molecular weight excluding hydrogens is 312 g/mol. The van der Waals surface area contributed by atoms with Crippen molar-refractivity contribution in [2.75, 3.05) is 23.4 Å². The maximum Gasteiger partial charge on any atom is 0.239 e. The second-order valence-electron chi connectivity index (χ2n) is 4.25. The number of nitrogen functional groups attached to an aromatic ring is 1. The highest BCUT2D eigenvalue weighted by molar-refractivity contribution is 9.10. The first-order valence-electron chi connectivity index (χ1n) is 6.01. The number of amides is 1. The normalized spacial score (nSPS) is 10.4. The van der Waals surface area contributed by atoms with Crippen molar-refractivity contribution in [1.82, 2.24) is 15.3 Å². The topological polar surface area (TPSA) is 96.2 Å². The predicted octanol–water partition coefficient (Wildman–Crippen LogP) is 0.876. The van der Waals surface area contributed by atoms with E-state index in [1.54, 1.807) is 6.20 Å². The molecular formula is C11H19BrN6O. The summed E-state index contributed by atoms with van der Waals surface area (Å²) in [6.07, 6.45) is 1.60. The number of carbonyl (C=O) groups is 1. The molecule has 8 heteroatoms. The Bertz CT molecular complexity index is 439. The second-order valence-corrected chi connectivity index (χ2v) is 5.10. The molecule has 1 rings (SSSR count). The third-order valence-corrected chi connectivity index (χ3v) is 2.88. The van der Waals surface area contributed by atoms with E-state index in [0.717, 1.165) is 0 Å². The van der Waals surface area contributed by atoms with Crippen molar-refractivity contribution in [2.24, 2.45) is 5.84 Å². The van der Waals surface area contributed by atoms with Gasteiger partial charge in [-0.15, -0.1) is 0 Å². The van der Waals surface area contributed by atoms with Crippen LogP contribution in [-0.4, -0.2) is 35.0 Å². The van der Waals surface area contributed by atoms with Gasteiger partial charge in [-0.05, 0) is 36.7 Å². The lowest BCUT2D eigenvalue weighted by atomic mass is 10.3. The number of nitrogens with zero attached hydrogens (tertiary/aromatic N) is 3. The SMILES string of the molecule is CCN(CC(=O)NC(C)C)c1nc(NN)ncc1Br. The van der Waals surface area contributed by atoms with Gasteiger partial charge in [0.15, 0.2) is 0 Å². The maximum atomic E-state index is 11.8. The minimum atomic E-state index is -0.0513. The second kappa shape index (κ2) is 7.25. The van der Waals surface area contributed by atoms with Gasteiger partial charge in [-0.3, -0.25) is 10.2 Å². The van der Waals surface area contributed by atoms with Gasteiger partial charge >= 0.3 is 0 Å². The highest BCUT2D eigenvalue weighted by Crippen LogP contribution is 2.23. The van der Waals surface area contributed by atoms with E-state index in [0.29, 0.717) is 22.8 Å². The molecule has 1 aromatic rings. The van der Waals surface area contributed by atoms with Crippen LogP contribution in [0.2, 0.25) is 0 Å². The molecule has 1 heterocycles. The van der Waals surface area contributed by atoms with Gasteiger partial charge in [0.25, 0.3) is 0 Å². The molecule has 19 heavy (non-hydrogen) atoms. The van der Waals surface area contributed by atoms with E-state index < -0.39 is 0 Å². The van der Waals surface area contributed by atoms with Gasteiger partial charge in [0.05, 0.1) is 11.0 Å². The van der Waals surface area contributed by atoms with Crippen molar-refractivity contribution in [2.45, 2.75) is 26.8 Å². The summed E-state index contributed by atoms with van der Waals surface area (Å²) in [5.74, 6) is 6.17. The number of rotatable bonds is 6. The van der Waals surface area contributed by atoms with E-state index in [1.165, 1.54) is 0 Å². The summed E-state index contributed by atoms with van der Waals surface area (Å²) in [6.45, 7) is 6.67. The van der Waals surface area contributed by atoms with Crippen LogP contribution in [0.3, 0.4) is 0 Å². The smallest absolute Gasteiger partial charge is 0.239 e. The number of aromatic nitrogens is 2. The quantitative estimate of drug-likeness (QED) is 0.529. The van der Waals surface area contributed by atoms with E-state index in [4.69, 9.17) is 5.84 Å². The number of nitrogens with two attached hydrogens (primary N) is 1. The Hall–Kier alpha value is -1.41. The molecule has 0 atom stereocenters. The Kier molecular flexibility index (Phi) is 5.97. The summed E-state index contributed by atoms with van der Waals surface area (Å²) >= 11 is 3.37. The minimum absolute atomic E-state index is 0.0513. The molecule has 0 saturated heterocycles. The molecule has 0 aromatic carbocycles. The Labute approximate surface area is 121 Å². The fourth-order valence-electron chi connectivity index (χ4n) is 1.53. The number of halogens is 1. The lowest BCUT2D eigenvalue weighted by molar-refractivity contribution is -0.120. The Balaban J connectivity index is 2.87. The molecule has 0 fully saturated rings. The molecule has 106 valence electrons. The van der Waals surface area contributed by atoms with Crippen LogP contribution in [0.15, 0.2) is 10.7 Å². The largest absolute Gasteiger partial charge is 0.352 e. The number of anilines is 2. The number of hydrazine groups is 1. The van der Waals surface area contributed by atoms with Crippen LogP contribution < -0.4 is 21.5 Å². The van der Waals surface area contributed by atoms with Gasteiger partial charge in [-0.2, -0.15) is 4.98 Å². The first-order valence-corrected chi connectivity index (χ1v) is 6.80. The first kappa shape index (κ1) is 15.6. The zero-order valence-electron chi connectivity index (χ0n) is 11.3. The zero-order chi connectivity index (χ0) is 14.4. The van der Waals surface area contributed by atoms with E-state index in [9.17, 15) is 4.79 Å². The monoisotopic (exact) mass is 330 g/mol. The minimum Gasteiger partial charge on any atom is -0.352 e. The van der Waals surface area contributed by atoms with E-state index in [1.807, 2.05) is 25.7 Å². The van der Waals surface area contributed by atoms with Crippen LogP contribution in [-0.2, 0) is 4.79 Å². The van der Waals surface area contributed by atoms with Crippen molar-refractivity contribution in [3.63, 3.8) is 0 Å². The van der Waals surface area contributed by atoms with Crippen LogP contribution >= 0.6 is 15.9 Å². The molecule has 0 aliphatic carbocycles. The van der Waals surface area contributed by atoms with E-state index >= 15 is 0 Å². The van der Waals surface area contributed by atoms with Crippen molar-refractivity contribution >= 4 is 33.6 Å². The molecule has 0 aliphatic rings. The summed E-state index contributed by atoms with van der Waals surface area (Å²) in [7, 11) is 0. The molecule has 0 saturated carbocycles. The predicted molar refractivity (Wildman–Crippen MR) is 78.7 cm³/mol. The summed E-state index contributed by atoms with van der Waals surface area (Å²) in [6, 6.07) is 0.112. The van der Waals surface area contributed by atoms with Gasteiger partial charge < -0.3 is 10.2 Å². The molecule has 7 nitrogen and oxygen atoms in total. The Morgan fingerprint density at radius 3 is 2.79 bits per heavy atom. The molecule has 0 radical (unpaired) electrons. The van der Waals surface area contributed by atoms with Crippen molar-refractivity contribution in [3.05, 3.63) is 10.7 Å². The van der Waals surface area contributed by atoms with Gasteiger partial charge in [-0.1, -0.05) is 0 Å². The number of nitrogens with one attached hydrogen (secondary N) is 2. The number of carbonyl (C=O) groups excluding carboxylic acids is 1. The van der Waals surface area contributed by atoms with Crippen LogP contribution in [0.5, 0.6) is 0 Å². The number of hydrogen-bond donors (Lipinski definition) is 3. The molecule has 0 unspecified atom stereocenters. The molecule has 4 N–H and O–H groups in total. The van der Waals surface area contributed by atoms with Crippen LogP contribution in [0.1, 0.15) is 20.8 Å². The van der Waals surface area contributed by atoms with Crippen LogP contribution in [0, 0.1) is 0 Å². The van der Waals surface area contributed by atoms with Crippen molar-refractivity contribution in [1.29, 1.82) is 0 Å². The zero-order valence-corrected chi connectivity index (χ0v) is 12.9. The lowest BCUT2D eigenvalue weighted by Gasteiger charge is -2.23.